The molecule has 0 aromatic heterocycles. The normalized spacial score (nSPS) is 14.9. The van der Waals surface area contributed by atoms with Gasteiger partial charge in [-0.15, -0.1) is 0 Å². The predicted molar refractivity (Wildman–Crippen MR) is 151 cm³/mol. The first kappa shape index (κ1) is 31.9. The number of nitrogens with zero attached hydrogens (tertiary/aromatic N) is 1. The van der Waals surface area contributed by atoms with Crippen molar-refractivity contribution in [3.05, 3.63) is 70.5 Å². The van der Waals surface area contributed by atoms with E-state index in [-0.39, 0.29) is 11.6 Å². The molecule has 0 aliphatic carbocycles. The SMILES string of the molecule is CCCCCCCCCC(=O)O.O=C(CCCN1CCC(O)(c2ccc(Cl)cc2)CC1)c1ccc(F)cc1. The Bertz CT molecular complexity index is 957. The summed E-state index contributed by atoms with van der Waals surface area (Å²) in [5.41, 5.74) is 0.667. The molecule has 1 fully saturated rings. The van der Waals surface area contributed by atoms with Crippen LogP contribution in [0.5, 0.6) is 0 Å². The van der Waals surface area contributed by atoms with Gasteiger partial charge in [0.2, 0.25) is 0 Å². The van der Waals surface area contributed by atoms with Crippen LogP contribution in [0, 0.1) is 5.82 Å². The number of halogens is 2. The van der Waals surface area contributed by atoms with Crippen molar-refractivity contribution < 1.29 is 24.2 Å². The van der Waals surface area contributed by atoms with E-state index in [2.05, 4.69) is 11.8 Å². The summed E-state index contributed by atoms with van der Waals surface area (Å²) in [4.78, 5) is 24.5. The maximum Gasteiger partial charge on any atom is 0.303 e. The van der Waals surface area contributed by atoms with Gasteiger partial charge in [0.1, 0.15) is 5.82 Å². The van der Waals surface area contributed by atoms with Gasteiger partial charge in [0, 0.05) is 36.5 Å². The number of likely N-dealkylation sites (tertiary alicyclic amines) is 1. The second kappa shape index (κ2) is 17.3. The van der Waals surface area contributed by atoms with E-state index in [4.69, 9.17) is 16.7 Å². The van der Waals surface area contributed by atoms with Crippen LogP contribution in [0.1, 0.15) is 99.9 Å². The molecule has 1 heterocycles. The highest BCUT2D eigenvalue weighted by molar-refractivity contribution is 6.30. The summed E-state index contributed by atoms with van der Waals surface area (Å²) in [7, 11) is 0. The van der Waals surface area contributed by atoms with E-state index >= 15 is 0 Å². The Labute approximate surface area is 232 Å². The summed E-state index contributed by atoms with van der Waals surface area (Å²) in [5, 5.41) is 19.9. The lowest BCUT2D eigenvalue weighted by Gasteiger charge is -2.38. The monoisotopic (exact) mass is 547 g/mol. The second-order valence-corrected chi connectivity index (χ2v) is 10.6. The minimum atomic E-state index is -0.801. The Hall–Kier alpha value is -2.28. The number of unbranched alkanes of at least 4 members (excludes halogenated alkanes) is 6. The average molecular weight is 548 g/mol. The number of carbonyl (C=O) groups is 2. The molecule has 0 atom stereocenters. The lowest BCUT2D eigenvalue weighted by Crippen LogP contribution is -2.42. The van der Waals surface area contributed by atoms with E-state index in [1.54, 1.807) is 0 Å². The molecule has 38 heavy (non-hydrogen) atoms. The molecule has 1 aliphatic rings. The van der Waals surface area contributed by atoms with E-state index in [9.17, 15) is 19.1 Å². The van der Waals surface area contributed by atoms with Crippen molar-refractivity contribution in [1.29, 1.82) is 0 Å². The Morgan fingerprint density at radius 2 is 1.45 bits per heavy atom. The third kappa shape index (κ3) is 12.1. The number of Topliss-reactive ketones (excluding diaryl/α,β-unsaturated/α-hetero) is 1. The van der Waals surface area contributed by atoms with Gasteiger partial charge < -0.3 is 15.1 Å². The quantitative estimate of drug-likeness (QED) is 0.188. The second-order valence-electron chi connectivity index (χ2n) is 10.2. The van der Waals surface area contributed by atoms with Crippen molar-refractivity contribution in [2.24, 2.45) is 0 Å². The molecule has 0 spiro atoms. The molecule has 0 bridgehead atoms. The van der Waals surface area contributed by atoms with Gasteiger partial charge in [-0.05, 0) is 74.2 Å². The molecule has 7 heteroatoms. The van der Waals surface area contributed by atoms with E-state index < -0.39 is 11.6 Å². The van der Waals surface area contributed by atoms with Crippen LogP contribution in [0.4, 0.5) is 4.39 Å². The van der Waals surface area contributed by atoms with Crippen molar-refractivity contribution in [2.45, 2.75) is 89.6 Å². The predicted octanol–water partition coefficient (Wildman–Crippen LogP) is 7.64. The third-order valence-corrected chi connectivity index (χ3v) is 7.36. The highest BCUT2D eigenvalue weighted by Crippen LogP contribution is 2.33. The van der Waals surface area contributed by atoms with Crippen LogP contribution in [-0.2, 0) is 10.4 Å². The zero-order valence-electron chi connectivity index (χ0n) is 22.6. The maximum atomic E-state index is 12.9. The van der Waals surface area contributed by atoms with Gasteiger partial charge in [-0.1, -0.05) is 69.2 Å². The van der Waals surface area contributed by atoms with Gasteiger partial charge in [-0.25, -0.2) is 4.39 Å². The Kier molecular flexibility index (Phi) is 14.6. The van der Waals surface area contributed by atoms with Gasteiger partial charge in [-0.3, -0.25) is 9.59 Å². The van der Waals surface area contributed by atoms with Crippen molar-refractivity contribution in [3.63, 3.8) is 0 Å². The molecule has 210 valence electrons. The molecule has 1 aliphatic heterocycles. The molecule has 2 N–H and O–H groups in total. The number of piperidine rings is 1. The standard InChI is InChI=1S/C21H23ClFNO2.C10H20O2/c22-18-7-5-17(6-8-18)21(26)11-14-24(15-12-21)13-1-2-20(25)16-3-9-19(23)10-4-16;1-2-3-4-5-6-7-8-9-10(11)12/h3-10,26H,1-2,11-15H2;2-9H2,1H3,(H,11,12). The zero-order chi connectivity index (χ0) is 27.8. The Morgan fingerprint density at radius 3 is 2.03 bits per heavy atom. The highest BCUT2D eigenvalue weighted by atomic mass is 35.5. The van der Waals surface area contributed by atoms with Crippen molar-refractivity contribution >= 4 is 23.4 Å². The molecule has 3 rings (SSSR count). The molecule has 0 saturated carbocycles. The van der Waals surface area contributed by atoms with Crippen molar-refractivity contribution in [1.82, 2.24) is 4.90 Å². The fourth-order valence-corrected chi connectivity index (χ4v) is 4.80. The molecule has 1 saturated heterocycles. The van der Waals surface area contributed by atoms with Gasteiger partial charge >= 0.3 is 5.97 Å². The molecule has 2 aromatic carbocycles. The molecular weight excluding hydrogens is 505 g/mol. The Morgan fingerprint density at radius 1 is 0.868 bits per heavy atom. The van der Waals surface area contributed by atoms with Crippen LogP contribution in [0.15, 0.2) is 48.5 Å². The number of carboxylic acid groups (broad SMARTS) is 1. The maximum absolute atomic E-state index is 12.9. The number of rotatable bonds is 14. The smallest absolute Gasteiger partial charge is 0.303 e. The summed E-state index contributed by atoms with van der Waals surface area (Å²) in [6.07, 6.45) is 11.2. The number of ketones is 1. The number of aliphatic hydroxyl groups is 1. The van der Waals surface area contributed by atoms with Crippen LogP contribution in [0.2, 0.25) is 5.02 Å². The number of hydrogen-bond acceptors (Lipinski definition) is 4. The highest BCUT2D eigenvalue weighted by Gasteiger charge is 2.33. The number of hydrogen-bond donors (Lipinski definition) is 2. The summed E-state index contributed by atoms with van der Waals surface area (Å²) < 4.78 is 12.9. The third-order valence-electron chi connectivity index (χ3n) is 7.10. The Balaban J connectivity index is 0.000000358. The lowest BCUT2D eigenvalue weighted by atomic mass is 9.84. The minimum absolute atomic E-state index is 0.0414. The van der Waals surface area contributed by atoms with E-state index in [0.717, 1.165) is 44.5 Å². The molecular formula is C31H43ClFNO4. The molecule has 5 nitrogen and oxygen atoms in total. The first-order valence-corrected chi connectivity index (χ1v) is 14.3. The summed E-state index contributed by atoms with van der Waals surface area (Å²) in [5.74, 6) is -0.953. The zero-order valence-corrected chi connectivity index (χ0v) is 23.4. The minimum Gasteiger partial charge on any atom is -0.481 e. The van der Waals surface area contributed by atoms with Crippen molar-refractivity contribution in [3.8, 4) is 0 Å². The number of carbonyl (C=O) groups excluding carboxylic acids is 1. The number of carboxylic acids is 1. The van der Waals surface area contributed by atoms with Crippen LogP contribution in [0.3, 0.4) is 0 Å². The first-order chi connectivity index (χ1) is 18.2. The molecule has 0 radical (unpaired) electrons. The number of benzene rings is 2. The lowest BCUT2D eigenvalue weighted by molar-refractivity contribution is -0.137. The summed E-state index contributed by atoms with van der Waals surface area (Å²) in [6, 6.07) is 13.1. The van der Waals surface area contributed by atoms with Crippen LogP contribution in [-0.4, -0.2) is 46.5 Å². The van der Waals surface area contributed by atoms with Crippen molar-refractivity contribution in [2.75, 3.05) is 19.6 Å². The molecule has 0 amide bonds. The topological polar surface area (TPSA) is 77.8 Å². The van der Waals surface area contributed by atoms with Crippen LogP contribution in [0.25, 0.3) is 0 Å². The van der Waals surface area contributed by atoms with Gasteiger partial charge in [0.15, 0.2) is 5.78 Å². The van der Waals surface area contributed by atoms with E-state index in [1.165, 1.54) is 56.4 Å². The molecule has 2 aromatic rings. The largest absolute Gasteiger partial charge is 0.481 e. The average Bonchev–Trinajstić information content (AvgIpc) is 2.90. The number of aliphatic carboxylic acids is 1. The summed E-state index contributed by atoms with van der Waals surface area (Å²) >= 11 is 5.92. The first-order valence-electron chi connectivity index (χ1n) is 13.9. The van der Waals surface area contributed by atoms with Gasteiger partial charge in [-0.2, -0.15) is 0 Å². The fraction of sp³-hybridized carbons (Fsp3) is 0.548. The fourth-order valence-electron chi connectivity index (χ4n) is 4.67. The molecule has 0 unspecified atom stereocenters. The van der Waals surface area contributed by atoms with Gasteiger partial charge in [0.05, 0.1) is 5.60 Å². The van der Waals surface area contributed by atoms with E-state index in [1.807, 2.05) is 24.3 Å². The van der Waals surface area contributed by atoms with E-state index in [0.29, 0.717) is 36.3 Å². The van der Waals surface area contributed by atoms with Gasteiger partial charge in [0.25, 0.3) is 0 Å². The van der Waals surface area contributed by atoms with Crippen LogP contribution >= 0.6 is 11.6 Å². The summed E-state index contributed by atoms with van der Waals surface area (Å²) in [6.45, 7) is 4.61. The van der Waals surface area contributed by atoms with Crippen LogP contribution < -0.4 is 0 Å².